The quantitative estimate of drug-likeness (QED) is 0.625. The maximum absolute atomic E-state index is 11.8. The third-order valence-electron chi connectivity index (χ3n) is 4.75. The van der Waals surface area contributed by atoms with Crippen LogP contribution in [0.25, 0.3) is 22.6 Å². The van der Waals surface area contributed by atoms with Gasteiger partial charge in [-0.25, -0.2) is 9.97 Å². The fraction of sp³-hybridized carbons (Fsp3) is 0.238. The summed E-state index contributed by atoms with van der Waals surface area (Å²) >= 11 is 6.02. The molecule has 0 bridgehead atoms. The van der Waals surface area contributed by atoms with Crippen LogP contribution < -0.4 is 10.6 Å². The highest BCUT2D eigenvalue weighted by Crippen LogP contribution is 2.26. The van der Waals surface area contributed by atoms with Crippen molar-refractivity contribution in [2.75, 3.05) is 19.0 Å². The van der Waals surface area contributed by atoms with E-state index < -0.39 is 0 Å². The SMILES string of the molecule is COC(=O)[C@H]1C[C@@H](Nc2cc(-c3ccc(Cl)cc3)nc(-c3cccnc3)n2)CN1. The third kappa shape index (κ3) is 4.52. The molecule has 1 fully saturated rings. The maximum Gasteiger partial charge on any atom is 0.322 e. The number of methoxy groups -OCH3 is 1. The molecule has 3 aromatic rings. The van der Waals surface area contributed by atoms with Crippen LogP contribution in [0.5, 0.6) is 0 Å². The molecule has 0 radical (unpaired) electrons. The van der Waals surface area contributed by atoms with Crippen molar-refractivity contribution in [2.45, 2.75) is 18.5 Å². The Morgan fingerprint density at radius 2 is 2.03 bits per heavy atom. The standard InChI is InChI=1S/C21H20ClN5O2/c1-29-21(28)18-9-16(12-24-18)25-19-10-17(13-4-6-15(22)7-5-13)26-20(27-19)14-3-2-8-23-11-14/h2-8,10-11,16,18,24H,9,12H2,1H3,(H,25,26,27)/t16-,18-/m1/s1. The van der Waals surface area contributed by atoms with Gasteiger partial charge in [0.2, 0.25) is 0 Å². The van der Waals surface area contributed by atoms with Crippen LogP contribution in [0, 0.1) is 0 Å². The zero-order valence-electron chi connectivity index (χ0n) is 15.8. The molecule has 7 nitrogen and oxygen atoms in total. The maximum atomic E-state index is 11.8. The smallest absolute Gasteiger partial charge is 0.322 e. The summed E-state index contributed by atoms with van der Waals surface area (Å²) in [6, 6.07) is 12.9. The number of halogens is 1. The highest BCUT2D eigenvalue weighted by atomic mass is 35.5. The van der Waals surface area contributed by atoms with Gasteiger partial charge in [-0.3, -0.25) is 9.78 Å². The van der Waals surface area contributed by atoms with Crippen LogP contribution in [0.2, 0.25) is 5.02 Å². The van der Waals surface area contributed by atoms with E-state index in [4.69, 9.17) is 21.3 Å². The molecule has 8 heteroatoms. The number of carbonyl (C=O) groups is 1. The topological polar surface area (TPSA) is 89.0 Å². The number of hydrogen-bond donors (Lipinski definition) is 2. The number of anilines is 1. The second-order valence-corrected chi connectivity index (χ2v) is 7.21. The average molecular weight is 410 g/mol. The van der Waals surface area contributed by atoms with E-state index in [0.29, 0.717) is 29.6 Å². The van der Waals surface area contributed by atoms with Gasteiger partial charge in [0.05, 0.1) is 12.8 Å². The first kappa shape index (κ1) is 19.3. The van der Waals surface area contributed by atoms with E-state index >= 15 is 0 Å². The number of ether oxygens (including phenoxy) is 1. The molecule has 0 spiro atoms. The fourth-order valence-corrected chi connectivity index (χ4v) is 3.42. The van der Waals surface area contributed by atoms with E-state index in [1.54, 1.807) is 12.4 Å². The summed E-state index contributed by atoms with van der Waals surface area (Å²) in [5.41, 5.74) is 2.53. The summed E-state index contributed by atoms with van der Waals surface area (Å²) in [6.45, 7) is 0.641. The number of esters is 1. The first-order valence-corrected chi connectivity index (χ1v) is 9.63. The van der Waals surface area contributed by atoms with Crippen LogP contribution in [0.3, 0.4) is 0 Å². The van der Waals surface area contributed by atoms with Gasteiger partial charge < -0.3 is 15.4 Å². The second-order valence-electron chi connectivity index (χ2n) is 6.77. The van der Waals surface area contributed by atoms with Crippen LogP contribution in [0.1, 0.15) is 6.42 Å². The predicted molar refractivity (Wildman–Crippen MR) is 112 cm³/mol. The molecule has 0 aliphatic carbocycles. The zero-order valence-corrected chi connectivity index (χ0v) is 16.6. The number of hydrogen-bond acceptors (Lipinski definition) is 7. The summed E-state index contributed by atoms with van der Waals surface area (Å²) in [5, 5.41) is 7.25. The van der Waals surface area contributed by atoms with Crippen molar-refractivity contribution in [3.05, 3.63) is 59.9 Å². The van der Waals surface area contributed by atoms with Crippen LogP contribution in [-0.2, 0) is 9.53 Å². The van der Waals surface area contributed by atoms with Crippen molar-refractivity contribution in [3.63, 3.8) is 0 Å². The minimum Gasteiger partial charge on any atom is -0.468 e. The highest BCUT2D eigenvalue weighted by Gasteiger charge is 2.30. The van der Waals surface area contributed by atoms with Crippen molar-refractivity contribution < 1.29 is 9.53 Å². The van der Waals surface area contributed by atoms with Gasteiger partial charge in [-0.15, -0.1) is 0 Å². The lowest BCUT2D eigenvalue weighted by molar-refractivity contribution is -0.142. The Labute approximate surface area is 173 Å². The van der Waals surface area contributed by atoms with E-state index in [0.717, 1.165) is 16.8 Å². The second kappa shape index (κ2) is 8.55. The van der Waals surface area contributed by atoms with Crippen LogP contribution >= 0.6 is 11.6 Å². The predicted octanol–water partition coefficient (Wildman–Crippen LogP) is 3.17. The Bertz CT molecular complexity index is 998. The molecule has 2 aromatic heterocycles. The van der Waals surface area contributed by atoms with E-state index in [-0.39, 0.29) is 18.1 Å². The van der Waals surface area contributed by atoms with E-state index in [2.05, 4.69) is 20.6 Å². The van der Waals surface area contributed by atoms with Gasteiger partial charge >= 0.3 is 5.97 Å². The molecular weight excluding hydrogens is 390 g/mol. The molecule has 0 amide bonds. The van der Waals surface area contributed by atoms with Crippen molar-refractivity contribution in [2.24, 2.45) is 0 Å². The molecule has 1 aliphatic heterocycles. The Morgan fingerprint density at radius 1 is 1.21 bits per heavy atom. The Kier molecular flexibility index (Phi) is 5.69. The molecule has 0 saturated carbocycles. The average Bonchev–Trinajstić information content (AvgIpc) is 3.22. The number of pyridine rings is 1. The molecule has 4 rings (SSSR count). The highest BCUT2D eigenvalue weighted by molar-refractivity contribution is 6.30. The summed E-state index contributed by atoms with van der Waals surface area (Å²) in [5.74, 6) is 1.000. The first-order chi connectivity index (χ1) is 14.1. The molecule has 1 aliphatic rings. The van der Waals surface area contributed by atoms with Crippen LogP contribution in [-0.4, -0.2) is 46.7 Å². The molecular formula is C21H20ClN5O2. The van der Waals surface area contributed by atoms with Crippen molar-refractivity contribution in [3.8, 4) is 22.6 Å². The monoisotopic (exact) mass is 409 g/mol. The lowest BCUT2D eigenvalue weighted by Crippen LogP contribution is -2.31. The summed E-state index contributed by atoms with van der Waals surface area (Å²) < 4.78 is 4.82. The van der Waals surface area contributed by atoms with Crippen LogP contribution in [0.15, 0.2) is 54.9 Å². The molecule has 1 saturated heterocycles. The molecule has 2 N–H and O–H groups in total. The van der Waals surface area contributed by atoms with Crippen molar-refractivity contribution in [1.82, 2.24) is 20.3 Å². The van der Waals surface area contributed by atoms with E-state index in [9.17, 15) is 4.79 Å². The lowest BCUT2D eigenvalue weighted by Gasteiger charge is -2.15. The third-order valence-corrected chi connectivity index (χ3v) is 5.01. The van der Waals surface area contributed by atoms with Crippen molar-refractivity contribution in [1.29, 1.82) is 0 Å². The largest absolute Gasteiger partial charge is 0.468 e. The van der Waals surface area contributed by atoms with Crippen LogP contribution in [0.4, 0.5) is 5.82 Å². The number of rotatable bonds is 5. The van der Waals surface area contributed by atoms with Gasteiger partial charge in [0, 0.05) is 47.2 Å². The van der Waals surface area contributed by atoms with Gasteiger partial charge in [0.1, 0.15) is 11.9 Å². The number of nitrogens with zero attached hydrogens (tertiary/aromatic N) is 3. The minimum atomic E-state index is -0.312. The van der Waals surface area contributed by atoms with Crippen molar-refractivity contribution >= 4 is 23.4 Å². The molecule has 29 heavy (non-hydrogen) atoms. The Morgan fingerprint density at radius 3 is 2.76 bits per heavy atom. The first-order valence-electron chi connectivity index (χ1n) is 9.25. The normalized spacial score (nSPS) is 18.4. The van der Waals surface area contributed by atoms with Gasteiger partial charge in [-0.05, 0) is 30.7 Å². The summed E-state index contributed by atoms with van der Waals surface area (Å²) in [6.07, 6.45) is 4.06. The van der Waals surface area contributed by atoms with E-state index in [1.165, 1.54) is 7.11 Å². The zero-order chi connectivity index (χ0) is 20.2. The van der Waals surface area contributed by atoms with Gasteiger partial charge in [0.15, 0.2) is 5.82 Å². The minimum absolute atomic E-state index is 0.0498. The molecule has 0 unspecified atom stereocenters. The van der Waals surface area contributed by atoms with Gasteiger partial charge in [0.25, 0.3) is 0 Å². The molecule has 2 atom stereocenters. The fourth-order valence-electron chi connectivity index (χ4n) is 3.29. The van der Waals surface area contributed by atoms with Gasteiger partial charge in [-0.2, -0.15) is 0 Å². The number of carbonyl (C=O) groups excluding carboxylic acids is 1. The molecule has 148 valence electrons. The molecule has 1 aromatic carbocycles. The number of aromatic nitrogens is 3. The molecule has 3 heterocycles. The number of benzene rings is 1. The van der Waals surface area contributed by atoms with Gasteiger partial charge in [-0.1, -0.05) is 23.7 Å². The number of nitrogens with one attached hydrogen (secondary N) is 2. The van der Waals surface area contributed by atoms with E-state index in [1.807, 2.05) is 42.5 Å². The Balaban J connectivity index is 1.65. The lowest BCUT2D eigenvalue weighted by atomic mass is 10.1. The summed E-state index contributed by atoms with van der Waals surface area (Å²) in [4.78, 5) is 25.3. The summed E-state index contributed by atoms with van der Waals surface area (Å²) in [7, 11) is 1.40. The Hall–Kier alpha value is -3.03.